The maximum Gasteiger partial charge on any atom is 0.309 e. The van der Waals surface area contributed by atoms with Crippen LogP contribution in [0.4, 0.5) is 0 Å². The molecular formula is C26H36N6O3. The maximum atomic E-state index is 13.5. The molecule has 3 heterocycles. The van der Waals surface area contributed by atoms with Gasteiger partial charge in [-0.05, 0) is 81.5 Å². The number of fused-ring (bicyclic) bond motifs is 1. The van der Waals surface area contributed by atoms with Crippen molar-refractivity contribution >= 4 is 16.9 Å². The molecule has 3 aromatic rings. The first-order chi connectivity index (χ1) is 16.7. The van der Waals surface area contributed by atoms with Crippen LogP contribution in [0.2, 0.25) is 0 Å². The number of tetrazole rings is 1. The highest BCUT2D eigenvalue weighted by Gasteiger charge is 2.37. The topological polar surface area (TPSA) is 106 Å². The largest absolute Gasteiger partial charge is 0.466 e. The molecule has 0 saturated carbocycles. The van der Waals surface area contributed by atoms with Gasteiger partial charge < -0.3 is 9.72 Å². The van der Waals surface area contributed by atoms with Gasteiger partial charge >= 0.3 is 5.97 Å². The van der Waals surface area contributed by atoms with Crippen LogP contribution in [0, 0.1) is 19.8 Å². The molecule has 9 nitrogen and oxygen atoms in total. The summed E-state index contributed by atoms with van der Waals surface area (Å²) in [5.74, 6) is 0.367. The predicted octanol–water partition coefficient (Wildman–Crippen LogP) is 3.64. The van der Waals surface area contributed by atoms with Gasteiger partial charge in [0.2, 0.25) is 0 Å². The molecule has 4 rings (SSSR count). The van der Waals surface area contributed by atoms with E-state index in [2.05, 4.69) is 52.2 Å². The number of H-pyrrole nitrogens is 1. The van der Waals surface area contributed by atoms with E-state index >= 15 is 0 Å². The number of hydrogen-bond donors (Lipinski definition) is 1. The number of nitrogens with one attached hydrogen (secondary N) is 1. The Morgan fingerprint density at radius 1 is 1.20 bits per heavy atom. The molecule has 1 unspecified atom stereocenters. The smallest absolute Gasteiger partial charge is 0.309 e. The molecule has 1 aliphatic heterocycles. The Hall–Kier alpha value is -3.07. The van der Waals surface area contributed by atoms with Gasteiger partial charge in [0.1, 0.15) is 6.04 Å². The number of esters is 1. The molecule has 2 aromatic heterocycles. The second-order valence-corrected chi connectivity index (χ2v) is 10.1. The van der Waals surface area contributed by atoms with Gasteiger partial charge in [-0.3, -0.25) is 14.5 Å². The lowest BCUT2D eigenvalue weighted by Crippen LogP contribution is -2.43. The van der Waals surface area contributed by atoms with Crippen molar-refractivity contribution in [3.8, 4) is 0 Å². The van der Waals surface area contributed by atoms with Gasteiger partial charge in [-0.25, -0.2) is 4.68 Å². The molecule has 1 fully saturated rings. The molecule has 188 valence electrons. The predicted molar refractivity (Wildman–Crippen MR) is 134 cm³/mol. The number of benzene rings is 1. The zero-order valence-corrected chi connectivity index (χ0v) is 21.6. The van der Waals surface area contributed by atoms with Crippen molar-refractivity contribution < 1.29 is 9.53 Å². The van der Waals surface area contributed by atoms with Crippen molar-refractivity contribution in [1.29, 1.82) is 0 Å². The van der Waals surface area contributed by atoms with Crippen LogP contribution in [0.15, 0.2) is 23.0 Å². The van der Waals surface area contributed by atoms with Crippen LogP contribution in [0.3, 0.4) is 0 Å². The van der Waals surface area contributed by atoms with Crippen LogP contribution < -0.4 is 5.56 Å². The third-order valence-electron chi connectivity index (χ3n) is 7.46. The van der Waals surface area contributed by atoms with E-state index in [1.807, 2.05) is 37.6 Å². The van der Waals surface area contributed by atoms with Crippen LogP contribution in [-0.4, -0.2) is 55.8 Å². The standard InChI is InChI=1S/C26H36N6O3/c1-7-26(5,6)32-23(28-29-30-32)22(31-13-11-18(12-14-31)25(34)35-8-2)20-15-19-16(3)9-10-17(4)21(19)27-24(20)33/h9-10,15,18,22H,7-8,11-14H2,1-6H3,(H,27,33). The van der Waals surface area contributed by atoms with E-state index in [1.165, 1.54) is 0 Å². The quantitative estimate of drug-likeness (QED) is 0.515. The zero-order chi connectivity index (χ0) is 25.3. The number of aromatic nitrogens is 5. The molecule has 1 aromatic carbocycles. The summed E-state index contributed by atoms with van der Waals surface area (Å²) in [5.41, 5.74) is 3.12. The normalized spacial score (nSPS) is 16.5. The Morgan fingerprint density at radius 2 is 1.89 bits per heavy atom. The molecule has 35 heavy (non-hydrogen) atoms. The fourth-order valence-corrected chi connectivity index (χ4v) is 4.89. The molecule has 0 bridgehead atoms. The highest BCUT2D eigenvalue weighted by molar-refractivity contribution is 5.85. The van der Waals surface area contributed by atoms with Gasteiger partial charge in [-0.2, -0.15) is 0 Å². The van der Waals surface area contributed by atoms with Gasteiger partial charge in [0.25, 0.3) is 5.56 Å². The fourth-order valence-electron chi connectivity index (χ4n) is 4.89. The summed E-state index contributed by atoms with van der Waals surface area (Å²) < 4.78 is 7.10. The summed E-state index contributed by atoms with van der Waals surface area (Å²) in [7, 11) is 0. The van der Waals surface area contributed by atoms with E-state index in [-0.39, 0.29) is 23.0 Å². The number of pyridine rings is 1. The summed E-state index contributed by atoms with van der Waals surface area (Å²) in [6, 6.07) is 5.65. The van der Waals surface area contributed by atoms with E-state index in [0.29, 0.717) is 43.9 Å². The summed E-state index contributed by atoms with van der Waals surface area (Å²) in [6.07, 6.45) is 2.16. The number of piperidine rings is 1. The number of likely N-dealkylation sites (tertiary alicyclic amines) is 1. The number of nitrogens with zero attached hydrogens (tertiary/aromatic N) is 5. The van der Waals surface area contributed by atoms with Crippen molar-refractivity contribution in [1.82, 2.24) is 30.1 Å². The molecule has 0 amide bonds. The molecule has 0 radical (unpaired) electrons. The number of rotatable bonds is 7. The van der Waals surface area contributed by atoms with Crippen LogP contribution in [0.1, 0.15) is 75.5 Å². The van der Waals surface area contributed by atoms with Gasteiger partial charge in [0, 0.05) is 24.0 Å². The van der Waals surface area contributed by atoms with Crippen molar-refractivity contribution in [2.75, 3.05) is 19.7 Å². The number of aryl methyl sites for hydroxylation is 2. The number of carbonyl (C=O) groups is 1. The van der Waals surface area contributed by atoms with Gasteiger partial charge in [-0.15, -0.1) is 5.10 Å². The third kappa shape index (κ3) is 4.74. The molecule has 1 atom stereocenters. The summed E-state index contributed by atoms with van der Waals surface area (Å²) in [5, 5.41) is 13.8. The number of ether oxygens (including phenoxy) is 1. The Bertz CT molecular complexity index is 1270. The minimum atomic E-state index is -0.438. The maximum absolute atomic E-state index is 13.5. The van der Waals surface area contributed by atoms with Crippen molar-refractivity contribution in [3.63, 3.8) is 0 Å². The first-order valence-electron chi connectivity index (χ1n) is 12.5. The Morgan fingerprint density at radius 3 is 2.54 bits per heavy atom. The van der Waals surface area contributed by atoms with Crippen molar-refractivity contribution in [3.05, 3.63) is 51.1 Å². The van der Waals surface area contributed by atoms with Crippen LogP contribution in [0.5, 0.6) is 0 Å². The molecular weight excluding hydrogens is 444 g/mol. The highest BCUT2D eigenvalue weighted by atomic mass is 16.5. The lowest BCUT2D eigenvalue weighted by Gasteiger charge is -2.37. The molecule has 9 heteroatoms. The SMILES string of the molecule is CCOC(=O)C1CCN(C(c2cc3c(C)ccc(C)c3[nH]c2=O)c2nnnn2C(C)(C)CC)CC1. The minimum absolute atomic E-state index is 0.130. The first kappa shape index (κ1) is 25.0. The molecule has 1 N–H and O–H groups in total. The van der Waals surface area contributed by atoms with E-state index < -0.39 is 6.04 Å². The first-order valence-corrected chi connectivity index (χ1v) is 12.5. The molecule has 1 saturated heterocycles. The van der Waals surface area contributed by atoms with E-state index in [1.54, 1.807) is 0 Å². The number of hydrogen-bond acceptors (Lipinski definition) is 7. The van der Waals surface area contributed by atoms with E-state index in [0.717, 1.165) is 28.5 Å². The average molecular weight is 481 g/mol. The van der Waals surface area contributed by atoms with Crippen LogP contribution >= 0.6 is 0 Å². The zero-order valence-electron chi connectivity index (χ0n) is 21.6. The second kappa shape index (κ2) is 9.89. The van der Waals surface area contributed by atoms with E-state index in [9.17, 15) is 9.59 Å². The van der Waals surface area contributed by atoms with Gasteiger partial charge in [0.05, 0.1) is 23.6 Å². The molecule has 0 spiro atoms. The lowest BCUT2D eigenvalue weighted by molar-refractivity contribution is -0.149. The summed E-state index contributed by atoms with van der Waals surface area (Å²) >= 11 is 0. The minimum Gasteiger partial charge on any atom is -0.466 e. The Labute approximate surface area is 205 Å². The lowest BCUT2D eigenvalue weighted by atomic mass is 9.93. The monoisotopic (exact) mass is 480 g/mol. The van der Waals surface area contributed by atoms with Gasteiger partial charge in [0.15, 0.2) is 5.82 Å². The fraction of sp³-hybridized carbons (Fsp3) is 0.577. The highest BCUT2D eigenvalue weighted by Crippen LogP contribution is 2.34. The van der Waals surface area contributed by atoms with Crippen molar-refractivity contribution in [2.45, 2.75) is 72.4 Å². The number of aromatic amines is 1. The Kier molecular flexibility index (Phi) is 7.07. The van der Waals surface area contributed by atoms with E-state index in [4.69, 9.17) is 4.74 Å². The van der Waals surface area contributed by atoms with Crippen molar-refractivity contribution in [2.24, 2.45) is 5.92 Å². The molecule has 1 aliphatic rings. The van der Waals surface area contributed by atoms with Crippen LogP contribution in [0.25, 0.3) is 10.9 Å². The summed E-state index contributed by atoms with van der Waals surface area (Å²) in [4.78, 5) is 31.2. The summed E-state index contributed by atoms with van der Waals surface area (Å²) in [6.45, 7) is 13.8. The number of carbonyl (C=O) groups excluding carboxylic acids is 1. The van der Waals surface area contributed by atoms with Gasteiger partial charge in [-0.1, -0.05) is 19.1 Å². The average Bonchev–Trinajstić information content (AvgIpc) is 3.33. The third-order valence-corrected chi connectivity index (χ3v) is 7.46. The second-order valence-electron chi connectivity index (χ2n) is 10.1. The van der Waals surface area contributed by atoms with Crippen LogP contribution in [-0.2, 0) is 15.1 Å². The Balaban J connectivity index is 1.83. The molecule has 0 aliphatic carbocycles.